The van der Waals surface area contributed by atoms with Gasteiger partial charge in [-0.3, -0.25) is 4.79 Å². The first kappa shape index (κ1) is 14.5. The topological polar surface area (TPSA) is 38.3 Å². The van der Waals surface area contributed by atoms with Crippen molar-refractivity contribution in [3.8, 4) is 0 Å². The summed E-state index contributed by atoms with van der Waals surface area (Å²) in [7, 11) is 1.60. The van der Waals surface area contributed by atoms with Crippen molar-refractivity contribution in [3.05, 3.63) is 60.2 Å². The first-order chi connectivity index (χ1) is 10.8. The number of hydrogen-bond acceptors (Lipinski definition) is 2. The Labute approximate surface area is 129 Å². The van der Waals surface area contributed by atoms with E-state index in [1.165, 1.54) is 21.5 Å². The lowest BCUT2D eigenvalue weighted by molar-refractivity contribution is -0.122. The van der Waals surface area contributed by atoms with Crippen molar-refractivity contribution in [1.82, 2.24) is 5.32 Å². The van der Waals surface area contributed by atoms with Crippen molar-refractivity contribution in [1.29, 1.82) is 0 Å². The lowest BCUT2D eigenvalue weighted by Gasteiger charge is -2.10. The van der Waals surface area contributed by atoms with Crippen molar-refractivity contribution < 1.29 is 9.53 Å². The lowest BCUT2D eigenvalue weighted by Crippen LogP contribution is -2.23. The van der Waals surface area contributed by atoms with E-state index < -0.39 is 0 Å². The third-order valence-corrected chi connectivity index (χ3v) is 3.85. The number of methoxy groups -OCH3 is 1. The molecular formula is C19H19NO2. The van der Waals surface area contributed by atoms with Gasteiger partial charge in [-0.15, -0.1) is 0 Å². The molecule has 0 saturated carbocycles. The van der Waals surface area contributed by atoms with E-state index in [2.05, 4.69) is 41.7 Å². The Kier molecular flexibility index (Phi) is 4.35. The summed E-state index contributed by atoms with van der Waals surface area (Å²) < 4.78 is 4.92. The largest absolute Gasteiger partial charge is 0.384 e. The van der Waals surface area contributed by atoms with Gasteiger partial charge in [-0.05, 0) is 39.2 Å². The maximum absolute atomic E-state index is 11.7. The molecule has 0 aliphatic heterocycles. The molecule has 22 heavy (non-hydrogen) atoms. The number of nitrogens with one attached hydrogen (secondary N) is 1. The summed E-state index contributed by atoms with van der Waals surface area (Å²) >= 11 is 0. The smallest absolute Gasteiger partial charge is 0.222 e. The van der Waals surface area contributed by atoms with Crippen molar-refractivity contribution in [2.75, 3.05) is 13.7 Å². The molecule has 0 atom stereocenters. The highest BCUT2D eigenvalue weighted by atomic mass is 16.5. The Balaban J connectivity index is 1.89. The minimum atomic E-state index is 0.0136. The minimum Gasteiger partial charge on any atom is -0.384 e. The molecule has 0 aliphatic rings. The van der Waals surface area contributed by atoms with Crippen molar-refractivity contribution in [2.24, 2.45) is 0 Å². The van der Waals surface area contributed by atoms with Crippen LogP contribution in [0.15, 0.2) is 54.6 Å². The Morgan fingerprint density at radius 3 is 2.50 bits per heavy atom. The van der Waals surface area contributed by atoms with Gasteiger partial charge in [0.15, 0.2) is 0 Å². The maximum Gasteiger partial charge on any atom is 0.222 e. The van der Waals surface area contributed by atoms with Gasteiger partial charge < -0.3 is 10.1 Å². The molecule has 3 heteroatoms. The number of carbonyl (C=O) groups is 1. The summed E-state index contributed by atoms with van der Waals surface area (Å²) in [5.41, 5.74) is 1.13. The third kappa shape index (κ3) is 3.10. The molecule has 0 aromatic heterocycles. The monoisotopic (exact) mass is 293 g/mol. The second kappa shape index (κ2) is 6.58. The van der Waals surface area contributed by atoms with E-state index in [0.717, 1.165) is 5.56 Å². The maximum atomic E-state index is 11.7. The summed E-state index contributed by atoms with van der Waals surface area (Å²) in [4.78, 5) is 11.7. The number of rotatable bonds is 5. The van der Waals surface area contributed by atoms with Crippen LogP contribution >= 0.6 is 0 Å². The normalized spacial score (nSPS) is 11.0. The van der Waals surface area contributed by atoms with E-state index in [4.69, 9.17) is 4.74 Å². The van der Waals surface area contributed by atoms with E-state index in [9.17, 15) is 4.79 Å². The molecular weight excluding hydrogens is 274 g/mol. The Morgan fingerprint density at radius 1 is 1.00 bits per heavy atom. The van der Waals surface area contributed by atoms with Crippen LogP contribution in [0.2, 0.25) is 0 Å². The van der Waals surface area contributed by atoms with Crippen LogP contribution in [0.5, 0.6) is 0 Å². The Hall–Kier alpha value is -2.39. The molecule has 0 aliphatic carbocycles. The fourth-order valence-electron chi connectivity index (χ4n) is 2.66. The highest BCUT2D eigenvalue weighted by Crippen LogP contribution is 2.25. The van der Waals surface area contributed by atoms with Gasteiger partial charge in [0.25, 0.3) is 0 Å². The zero-order valence-electron chi connectivity index (χ0n) is 12.6. The number of benzene rings is 3. The van der Waals surface area contributed by atoms with Gasteiger partial charge in [-0.1, -0.05) is 42.5 Å². The molecule has 3 aromatic carbocycles. The average Bonchev–Trinajstić information content (AvgIpc) is 2.56. The highest BCUT2D eigenvalue weighted by Gasteiger charge is 2.05. The summed E-state index contributed by atoms with van der Waals surface area (Å²) in [6.45, 7) is 0.990. The van der Waals surface area contributed by atoms with E-state index in [1.54, 1.807) is 7.11 Å². The van der Waals surface area contributed by atoms with E-state index in [0.29, 0.717) is 19.6 Å². The van der Waals surface area contributed by atoms with Crippen molar-refractivity contribution >= 4 is 27.5 Å². The number of ether oxygens (including phenoxy) is 1. The number of fused-ring (bicyclic) bond motifs is 2. The number of amides is 1. The van der Waals surface area contributed by atoms with Gasteiger partial charge in [0.1, 0.15) is 0 Å². The lowest BCUT2D eigenvalue weighted by atomic mass is 10.00. The van der Waals surface area contributed by atoms with Crippen LogP contribution in [0.25, 0.3) is 21.5 Å². The van der Waals surface area contributed by atoms with Crippen LogP contribution in [-0.4, -0.2) is 19.6 Å². The summed E-state index contributed by atoms with van der Waals surface area (Å²) in [5, 5.41) is 7.79. The van der Waals surface area contributed by atoms with Gasteiger partial charge in [0.05, 0.1) is 6.61 Å². The predicted molar refractivity (Wildman–Crippen MR) is 89.8 cm³/mol. The molecule has 0 unspecified atom stereocenters. The molecule has 1 amide bonds. The van der Waals surface area contributed by atoms with Crippen molar-refractivity contribution in [2.45, 2.75) is 13.0 Å². The fourth-order valence-corrected chi connectivity index (χ4v) is 2.66. The van der Waals surface area contributed by atoms with Crippen LogP contribution in [0.4, 0.5) is 0 Å². The molecule has 0 radical (unpaired) electrons. The van der Waals surface area contributed by atoms with Crippen LogP contribution in [0.1, 0.15) is 12.0 Å². The minimum absolute atomic E-state index is 0.0136. The zero-order valence-corrected chi connectivity index (χ0v) is 12.6. The standard InChI is InChI=1S/C19H19NO2/c1-22-10-9-19(21)20-13-17-8-4-7-16-11-14-5-2-3-6-15(14)12-18(16)17/h2-8,11-12H,9-10,13H2,1H3,(H,20,21). The molecule has 3 aromatic rings. The molecule has 1 N–H and O–H groups in total. The average molecular weight is 293 g/mol. The van der Waals surface area contributed by atoms with Gasteiger partial charge in [-0.25, -0.2) is 0 Å². The summed E-state index contributed by atoms with van der Waals surface area (Å²) in [6, 6.07) is 18.9. The highest BCUT2D eigenvalue weighted by molar-refractivity contribution is 5.99. The van der Waals surface area contributed by atoms with Crippen LogP contribution in [-0.2, 0) is 16.1 Å². The summed E-state index contributed by atoms with van der Waals surface area (Å²) in [5.74, 6) is 0.0136. The van der Waals surface area contributed by atoms with Gasteiger partial charge >= 0.3 is 0 Å². The van der Waals surface area contributed by atoms with Crippen molar-refractivity contribution in [3.63, 3.8) is 0 Å². The quantitative estimate of drug-likeness (QED) is 0.729. The SMILES string of the molecule is COCCC(=O)NCc1cccc2cc3ccccc3cc12. The number of hydrogen-bond donors (Lipinski definition) is 1. The number of carbonyl (C=O) groups excluding carboxylic acids is 1. The third-order valence-electron chi connectivity index (χ3n) is 3.85. The molecule has 0 saturated heterocycles. The van der Waals surface area contributed by atoms with E-state index in [1.807, 2.05) is 18.2 Å². The van der Waals surface area contributed by atoms with Crippen LogP contribution in [0, 0.1) is 0 Å². The van der Waals surface area contributed by atoms with Gasteiger partial charge in [0.2, 0.25) is 5.91 Å². The first-order valence-electron chi connectivity index (χ1n) is 7.44. The molecule has 0 fully saturated rings. The zero-order chi connectivity index (χ0) is 15.4. The van der Waals surface area contributed by atoms with Gasteiger partial charge in [0, 0.05) is 20.1 Å². The van der Waals surface area contributed by atoms with E-state index >= 15 is 0 Å². The van der Waals surface area contributed by atoms with E-state index in [-0.39, 0.29) is 5.91 Å². The molecule has 0 bridgehead atoms. The van der Waals surface area contributed by atoms with Gasteiger partial charge in [-0.2, -0.15) is 0 Å². The Bertz CT molecular complexity index is 811. The predicted octanol–water partition coefficient (Wildman–Crippen LogP) is 3.65. The van der Waals surface area contributed by atoms with Crippen LogP contribution in [0.3, 0.4) is 0 Å². The molecule has 0 heterocycles. The molecule has 0 spiro atoms. The van der Waals surface area contributed by atoms with Crippen LogP contribution < -0.4 is 5.32 Å². The summed E-state index contributed by atoms with van der Waals surface area (Å²) in [6.07, 6.45) is 0.393. The Morgan fingerprint density at radius 2 is 1.73 bits per heavy atom. The second-order valence-electron chi connectivity index (χ2n) is 5.36. The fraction of sp³-hybridized carbons (Fsp3) is 0.211. The molecule has 3 nitrogen and oxygen atoms in total. The molecule has 3 rings (SSSR count). The molecule has 112 valence electrons. The first-order valence-corrected chi connectivity index (χ1v) is 7.44. The second-order valence-corrected chi connectivity index (χ2v) is 5.36.